The minimum absolute atomic E-state index is 0.162. The number of hydrogen-bond acceptors (Lipinski definition) is 3. The van der Waals surface area contributed by atoms with Crippen molar-refractivity contribution < 1.29 is 22.0 Å². The Hall–Kier alpha value is -2.48. The molecule has 140 valence electrons. The third-order valence-electron chi connectivity index (χ3n) is 3.77. The number of halogens is 2. The fraction of sp³-hybridized carbons (Fsp3) is 0.278. The van der Waals surface area contributed by atoms with Crippen molar-refractivity contribution in [2.45, 2.75) is 26.3 Å². The van der Waals surface area contributed by atoms with Gasteiger partial charge in [0.25, 0.3) is 0 Å². The van der Waals surface area contributed by atoms with Gasteiger partial charge >= 0.3 is 0 Å². The van der Waals surface area contributed by atoms with E-state index in [0.29, 0.717) is 11.8 Å². The first-order valence-electron chi connectivity index (χ1n) is 7.95. The Kier molecular flexibility index (Phi) is 5.97. The number of rotatable bonds is 6. The maximum Gasteiger partial charge on any atom is 0.248 e. The van der Waals surface area contributed by atoms with Crippen LogP contribution in [0.25, 0.3) is 0 Å². The van der Waals surface area contributed by atoms with Crippen molar-refractivity contribution >= 4 is 27.3 Å². The molecule has 0 bridgehead atoms. The van der Waals surface area contributed by atoms with Crippen molar-refractivity contribution in [3.8, 4) is 0 Å². The van der Waals surface area contributed by atoms with Crippen LogP contribution in [0.1, 0.15) is 18.9 Å². The molecule has 0 fully saturated rings. The Morgan fingerprint density at radius 1 is 1.19 bits per heavy atom. The highest BCUT2D eigenvalue weighted by Gasteiger charge is 2.31. The largest absolute Gasteiger partial charge is 0.322 e. The molecule has 1 N–H and O–H groups in total. The maximum atomic E-state index is 13.8. The Labute approximate surface area is 151 Å². The number of anilines is 2. The first-order chi connectivity index (χ1) is 12.1. The number of sulfonamides is 1. The van der Waals surface area contributed by atoms with E-state index in [1.165, 1.54) is 0 Å². The van der Waals surface area contributed by atoms with E-state index in [1.54, 1.807) is 38.1 Å². The van der Waals surface area contributed by atoms with E-state index >= 15 is 0 Å². The highest BCUT2D eigenvalue weighted by Crippen LogP contribution is 2.25. The van der Waals surface area contributed by atoms with Crippen LogP contribution >= 0.6 is 0 Å². The van der Waals surface area contributed by atoms with Gasteiger partial charge in [-0.1, -0.05) is 19.1 Å². The van der Waals surface area contributed by atoms with Crippen LogP contribution in [0, 0.1) is 18.6 Å². The Bertz CT molecular complexity index is 916. The maximum absolute atomic E-state index is 13.8. The summed E-state index contributed by atoms with van der Waals surface area (Å²) in [5.74, 6) is -2.41. The summed E-state index contributed by atoms with van der Waals surface area (Å²) in [6.45, 7) is 3.46. The molecule has 1 atom stereocenters. The average Bonchev–Trinajstić information content (AvgIpc) is 2.53. The summed E-state index contributed by atoms with van der Waals surface area (Å²) < 4.78 is 52.5. The zero-order valence-corrected chi connectivity index (χ0v) is 15.5. The van der Waals surface area contributed by atoms with Crippen molar-refractivity contribution in [2.75, 3.05) is 15.9 Å². The Balaban J connectivity index is 2.40. The van der Waals surface area contributed by atoms with Crippen LogP contribution in [0.2, 0.25) is 0 Å². The molecular weight excluding hydrogens is 362 g/mol. The number of amides is 1. The molecular formula is C18H20F2N2O3S. The summed E-state index contributed by atoms with van der Waals surface area (Å²) in [6, 6.07) is 8.38. The van der Waals surface area contributed by atoms with Crippen molar-refractivity contribution in [3.63, 3.8) is 0 Å². The highest BCUT2D eigenvalue weighted by atomic mass is 32.2. The normalized spacial score (nSPS) is 12.5. The highest BCUT2D eigenvalue weighted by molar-refractivity contribution is 7.92. The van der Waals surface area contributed by atoms with Crippen LogP contribution in [-0.2, 0) is 14.8 Å². The topological polar surface area (TPSA) is 66.5 Å². The van der Waals surface area contributed by atoms with Crippen LogP contribution in [0.3, 0.4) is 0 Å². The molecule has 0 aliphatic rings. The Morgan fingerprint density at radius 3 is 2.42 bits per heavy atom. The lowest BCUT2D eigenvalue weighted by molar-refractivity contribution is -0.117. The molecule has 8 heteroatoms. The van der Waals surface area contributed by atoms with E-state index in [-0.39, 0.29) is 12.1 Å². The molecule has 0 heterocycles. The van der Waals surface area contributed by atoms with Gasteiger partial charge in [0.15, 0.2) is 0 Å². The monoisotopic (exact) mass is 382 g/mol. The quantitative estimate of drug-likeness (QED) is 0.832. The van der Waals surface area contributed by atoms with Gasteiger partial charge in [-0.3, -0.25) is 9.10 Å². The third kappa shape index (κ3) is 4.57. The van der Waals surface area contributed by atoms with Crippen molar-refractivity contribution in [1.82, 2.24) is 0 Å². The van der Waals surface area contributed by atoms with E-state index in [1.807, 2.05) is 0 Å². The fourth-order valence-electron chi connectivity index (χ4n) is 2.63. The lowest BCUT2D eigenvalue weighted by atomic mass is 10.1. The molecule has 0 aromatic heterocycles. The summed E-state index contributed by atoms with van der Waals surface area (Å²) in [4.78, 5) is 12.6. The minimum atomic E-state index is -3.78. The van der Waals surface area contributed by atoms with Gasteiger partial charge in [0.2, 0.25) is 15.9 Å². The third-order valence-corrected chi connectivity index (χ3v) is 4.95. The number of benzene rings is 2. The summed E-state index contributed by atoms with van der Waals surface area (Å²) in [6.07, 6.45) is 1.17. The van der Waals surface area contributed by atoms with Gasteiger partial charge in [0, 0.05) is 6.07 Å². The zero-order chi connectivity index (χ0) is 19.5. The van der Waals surface area contributed by atoms with Gasteiger partial charge in [-0.2, -0.15) is 0 Å². The molecule has 0 radical (unpaired) electrons. The minimum Gasteiger partial charge on any atom is -0.322 e. The number of nitrogens with zero attached hydrogens (tertiary/aromatic N) is 1. The molecule has 0 aliphatic carbocycles. The second kappa shape index (κ2) is 7.82. The molecule has 2 aromatic rings. The number of hydrogen-bond donors (Lipinski definition) is 1. The molecule has 0 aliphatic heterocycles. The molecule has 0 saturated heterocycles. The van der Waals surface area contributed by atoms with Crippen molar-refractivity contribution in [3.05, 3.63) is 59.7 Å². The van der Waals surface area contributed by atoms with Gasteiger partial charge in [-0.15, -0.1) is 0 Å². The zero-order valence-electron chi connectivity index (χ0n) is 14.7. The van der Waals surface area contributed by atoms with Gasteiger partial charge in [-0.05, 0) is 43.2 Å². The summed E-state index contributed by atoms with van der Waals surface area (Å²) in [5.41, 5.74) is 0.956. The number of nitrogens with one attached hydrogen (secondary N) is 1. The smallest absolute Gasteiger partial charge is 0.248 e. The lowest BCUT2D eigenvalue weighted by Crippen LogP contribution is -2.47. The van der Waals surface area contributed by atoms with Crippen LogP contribution in [0.4, 0.5) is 20.2 Å². The fourth-order valence-corrected chi connectivity index (χ4v) is 3.84. The lowest BCUT2D eigenvalue weighted by Gasteiger charge is -2.30. The van der Waals surface area contributed by atoms with E-state index < -0.39 is 33.6 Å². The molecule has 0 saturated carbocycles. The molecule has 26 heavy (non-hydrogen) atoms. The molecule has 1 amide bonds. The second-order valence-corrected chi connectivity index (χ2v) is 7.79. The number of carbonyl (C=O) groups is 1. The van der Waals surface area contributed by atoms with Crippen LogP contribution in [-0.4, -0.2) is 26.6 Å². The standard InChI is InChI=1S/C18H20F2N2O3S/c1-4-17(18(23)21-16-9-8-13(19)11-15(16)20)22(26(3,24)25)14-7-5-6-12(2)10-14/h5-11,17H,4H2,1-3H3,(H,21,23)/t17-/m1/s1. The van der Waals surface area contributed by atoms with E-state index in [2.05, 4.69) is 5.32 Å². The van der Waals surface area contributed by atoms with E-state index in [9.17, 15) is 22.0 Å². The molecule has 5 nitrogen and oxygen atoms in total. The van der Waals surface area contributed by atoms with Gasteiger partial charge in [-0.25, -0.2) is 17.2 Å². The molecule has 2 rings (SSSR count). The van der Waals surface area contributed by atoms with Gasteiger partial charge in [0.1, 0.15) is 17.7 Å². The summed E-state index contributed by atoms with van der Waals surface area (Å²) >= 11 is 0. The summed E-state index contributed by atoms with van der Waals surface area (Å²) in [5, 5.41) is 2.34. The van der Waals surface area contributed by atoms with Crippen LogP contribution in [0.15, 0.2) is 42.5 Å². The Morgan fingerprint density at radius 2 is 1.88 bits per heavy atom. The first-order valence-corrected chi connectivity index (χ1v) is 9.80. The van der Waals surface area contributed by atoms with Gasteiger partial charge < -0.3 is 5.32 Å². The number of aryl methyl sites for hydroxylation is 1. The predicted octanol–water partition coefficient (Wildman–Crippen LogP) is 3.46. The van der Waals surface area contributed by atoms with Crippen LogP contribution in [0.5, 0.6) is 0 Å². The number of carbonyl (C=O) groups excluding carboxylic acids is 1. The first kappa shape index (κ1) is 19.8. The van der Waals surface area contributed by atoms with Crippen molar-refractivity contribution in [1.29, 1.82) is 0 Å². The predicted molar refractivity (Wildman–Crippen MR) is 97.6 cm³/mol. The molecule has 2 aromatic carbocycles. The van der Waals surface area contributed by atoms with E-state index in [0.717, 1.165) is 28.3 Å². The van der Waals surface area contributed by atoms with Crippen molar-refractivity contribution in [2.24, 2.45) is 0 Å². The second-order valence-electron chi connectivity index (χ2n) is 5.94. The van der Waals surface area contributed by atoms with E-state index in [4.69, 9.17) is 0 Å². The van der Waals surface area contributed by atoms with Gasteiger partial charge in [0.05, 0.1) is 17.6 Å². The SMILES string of the molecule is CC[C@H](C(=O)Nc1ccc(F)cc1F)N(c1cccc(C)c1)S(C)(=O)=O. The molecule has 0 unspecified atom stereocenters. The summed E-state index contributed by atoms with van der Waals surface area (Å²) in [7, 11) is -3.78. The average molecular weight is 382 g/mol. The van der Waals surface area contributed by atoms with Crippen LogP contribution < -0.4 is 9.62 Å². The molecule has 0 spiro atoms.